The van der Waals surface area contributed by atoms with Crippen LogP contribution in [0.1, 0.15) is 0 Å². The predicted octanol–water partition coefficient (Wildman–Crippen LogP) is 0.454. The minimum absolute atomic E-state index is 0.219. The first-order chi connectivity index (χ1) is 5.17. The molecule has 0 bridgehead atoms. The second kappa shape index (κ2) is 3.40. The summed E-state index contributed by atoms with van der Waals surface area (Å²) in [6, 6.07) is -3.26. The molecule has 0 atom stereocenters. The van der Waals surface area contributed by atoms with Crippen molar-refractivity contribution in [2.24, 2.45) is 0 Å². The van der Waals surface area contributed by atoms with Crippen molar-refractivity contribution in [3.63, 3.8) is 0 Å². The van der Waals surface area contributed by atoms with Gasteiger partial charge in [-0.1, -0.05) is 0 Å². The van der Waals surface area contributed by atoms with E-state index in [0.717, 1.165) is 4.90 Å². The van der Waals surface area contributed by atoms with E-state index in [1.165, 1.54) is 0 Å². The predicted molar refractivity (Wildman–Crippen MR) is 35.4 cm³/mol. The van der Waals surface area contributed by atoms with Crippen molar-refractivity contribution in [1.82, 2.24) is 10.2 Å². The Morgan fingerprint density at radius 3 is 2.27 bits per heavy atom. The summed E-state index contributed by atoms with van der Waals surface area (Å²) in [7, 11) is 0. The highest BCUT2D eigenvalue weighted by atomic mass is 19.3. The third-order valence-corrected chi connectivity index (χ3v) is 1.74. The summed E-state index contributed by atoms with van der Waals surface area (Å²) < 4.78 is 36.9. The molecule has 0 radical (unpaired) electrons. The molecule has 1 aliphatic heterocycles. The first kappa shape index (κ1) is 8.80. The van der Waals surface area contributed by atoms with Gasteiger partial charge in [0.05, 0.1) is 0 Å². The number of alkyl halides is 3. The first-order valence-corrected chi connectivity index (χ1v) is 3.56. The minimum Gasteiger partial charge on any atom is -0.314 e. The number of piperazine rings is 1. The van der Waals surface area contributed by atoms with Gasteiger partial charge in [-0.3, -0.25) is 0 Å². The summed E-state index contributed by atoms with van der Waals surface area (Å²) in [5.74, 6) is 0. The lowest BCUT2D eigenvalue weighted by molar-refractivity contribution is -0.161. The van der Waals surface area contributed by atoms with Crippen LogP contribution in [0.2, 0.25) is 0 Å². The molecule has 1 fully saturated rings. The van der Waals surface area contributed by atoms with Crippen LogP contribution in [0.4, 0.5) is 13.2 Å². The van der Waals surface area contributed by atoms with Gasteiger partial charge in [-0.05, 0) is 0 Å². The normalized spacial score (nSPS) is 22.1. The molecule has 1 rings (SSSR count). The van der Waals surface area contributed by atoms with Crippen LogP contribution in [0, 0.1) is 0 Å². The summed E-state index contributed by atoms with van der Waals surface area (Å²) >= 11 is 0. The highest BCUT2D eigenvalue weighted by Gasteiger charge is 2.37. The van der Waals surface area contributed by atoms with E-state index >= 15 is 0 Å². The number of nitrogens with zero attached hydrogens (tertiary/aromatic N) is 1. The van der Waals surface area contributed by atoms with Crippen molar-refractivity contribution in [1.29, 1.82) is 0 Å². The SMILES string of the molecule is FCC(F)(F)N1CCNCC1. The van der Waals surface area contributed by atoms with Gasteiger partial charge < -0.3 is 5.32 Å². The van der Waals surface area contributed by atoms with E-state index in [9.17, 15) is 13.2 Å². The molecule has 11 heavy (non-hydrogen) atoms. The fourth-order valence-corrected chi connectivity index (χ4v) is 1.08. The summed E-state index contributed by atoms with van der Waals surface area (Å²) in [6.07, 6.45) is 0. The van der Waals surface area contributed by atoms with E-state index in [2.05, 4.69) is 5.32 Å². The van der Waals surface area contributed by atoms with Gasteiger partial charge in [-0.2, -0.15) is 8.78 Å². The molecular weight excluding hydrogens is 157 g/mol. The van der Waals surface area contributed by atoms with Crippen LogP contribution in [-0.2, 0) is 0 Å². The van der Waals surface area contributed by atoms with Crippen molar-refractivity contribution in [2.75, 3.05) is 32.9 Å². The summed E-state index contributed by atoms with van der Waals surface area (Å²) in [5.41, 5.74) is 0. The summed E-state index contributed by atoms with van der Waals surface area (Å²) in [4.78, 5) is 0.865. The van der Waals surface area contributed by atoms with Gasteiger partial charge in [-0.25, -0.2) is 9.29 Å². The van der Waals surface area contributed by atoms with Crippen molar-refractivity contribution in [2.45, 2.75) is 6.05 Å². The second-order valence-corrected chi connectivity index (χ2v) is 2.54. The van der Waals surface area contributed by atoms with Crippen LogP contribution in [0.5, 0.6) is 0 Å². The maximum Gasteiger partial charge on any atom is 0.333 e. The smallest absolute Gasteiger partial charge is 0.314 e. The molecule has 0 aromatic rings. The number of halogens is 3. The number of hydrogen-bond donors (Lipinski definition) is 1. The molecule has 66 valence electrons. The summed E-state index contributed by atoms with van der Waals surface area (Å²) in [5, 5.41) is 2.91. The van der Waals surface area contributed by atoms with E-state index in [1.54, 1.807) is 0 Å². The third-order valence-electron chi connectivity index (χ3n) is 1.74. The van der Waals surface area contributed by atoms with Gasteiger partial charge in [0.15, 0.2) is 6.67 Å². The van der Waals surface area contributed by atoms with Gasteiger partial charge in [-0.15, -0.1) is 0 Å². The Morgan fingerprint density at radius 2 is 1.82 bits per heavy atom. The molecule has 0 saturated carbocycles. The highest BCUT2D eigenvalue weighted by Crippen LogP contribution is 2.19. The molecule has 2 nitrogen and oxygen atoms in total. The Kier molecular flexibility index (Phi) is 2.72. The van der Waals surface area contributed by atoms with Crippen LogP contribution < -0.4 is 5.32 Å². The van der Waals surface area contributed by atoms with E-state index in [0.29, 0.717) is 13.1 Å². The molecule has 0 unspecified atom stereocenters. The molecule has 0 spiro atoms. The molecule has 5 heteroatoms. The summed E-state index contributed by atoms with van der Waals surface area (Å²) in [6.45, 7) is -0.133. The Hall–Kier alpha value is -0.290. The lowest BCUT2D eigenvalue weighted by Gasteiger charge is -2.32. The standard InChI is InChI=1S/C6H11F3N2/c7-5-6(8,9)11-3-1-10-2-4-11/h10H,1-5H2. The zero-order chi connectivity index (χ0) is 8.32. The Morgan fingerprint density at radius 1 is 1.27 bits per heavy atom. The number of rotatable bonds is 2. The third kappa shape index (κ3) is 2.07. The molecule has 0 aromatic heterocycles. The average Bonchev–Trinajstić information content (AvgIpc) is 2.06. The molecular formula is C6H11F3N2. The topological polar surface area (TPSA) is 15.3 Å². The lowest BCUT2D eigenvalue weighted by atomic mass is 10.3. The van der Waals surface area contributed by atoms with Gasteiger partial charge in [0, 0.05) is 26.2 Å². The van der Waals surface area contributed by atoms with Crippen LogP contribution in [-0.4, -0.2) is 43.8 Å². The quantitative estimate of drug-likeness (QED) is 0.602. The van der Waals surface area contributed by atoms with Gasteiger partial charge in [0.25, 0.3) is 0 Å². The number of hydrogen-bond acceptors (Lipinski definition) is 2. The molecule has 1 aliphatic rings. The molecule has 0 aromatic carbocycles. The highest BCUT2D eigenvalue weighted by molar-refractivity contribution is 4.74. The van der Waals surface area contributed by atoms with Crippen molar-refractivity contribution in [3.8, 4) is 0 Å². The molecule has 1 heterocycles. The molecule has 1 N–H and O–H groups in total. The van der Waals surface area contributed by atoms with E-state index < -0.39 is 12.7 Å². The minimum atomic E-state index is -3.26. The monoisotopic (exact) mass is 168 g/mol. The Labute approximate surface area is 63.4 Å². The maximum atomic E-state index is 12.6. The van der Waals surface area contributed by atoms with Crippen molar-refractivity contribution < 1.29 is 13.2 Å². The lowest BCUT2D eigenvalue weighted by Crippen LogP contribution is -2.53. The van der Waals surface area contributed by atoms with Crippen molar-refractivity contribution in [3.05, 3.63) is 0 Å². The van der Waals surface area contributed by atoms with Crippen LogP contribution in [0.25, 0.3) is 0 Å². The zero-order valence-electron chi connectivity index (χ0n) is 6.12. The Bertz CT molecular complexity index is 123. The molecule has 0 aliphatic carbocycles. The van der Waals surface area contributed by atoms with Crippen LogP contribution >= 0.6 is 0 Å². The zero-order valence-corrected chi connectivity index (χ0v) is 6.12. The molecule has 1 saturated heterocycles. The first-order valence-electron chi connectivity index (χ1n) is 3.56. The largest absolute Gasteiger partial charge is 0.333 e. The van der Waals surface area contributed by atoms with Gasteiger partial charge in [0.2, 0.25) is 0 Å². The van der Waals surface area contributed by atoms with Crippen molar-refractivity contribution >= 4 is 0 Å². The van der Waals surface area contributed by atoms with Gasteiger partial charge in [0.1, 0.15) is 0 Å². The van der Waals surface area contributed by atoms with E-state index in [4.69, 9.17) is 0 Å². The van der Waals surface area contributed by atoms with Gasteiger partial charge >= 0.3 is 6.05 Å². The fourth-order valence-electron chi connectivity index (χ4n) is 1.08. The van der Waals surface area contributed by atoms with E-state index in [1.807, 2.05) is 0 Å². The average molecular weight is 168 g/mol. The number of nitrogens with one attached hydrogen (secondary N) is 1. The second-order valence-electron chi connectivity index (χ2n) is 2.54. The fraction of sp³-hybridized carbons (Fsp3) is 1.00. The van der Waals surface area contributed by atoms with Crippen LogP contribution in [0.3, 0.4) is 0 Å². The van der Waals surface area contributed by atoms with E-state index in [-0.39, 0.29) is 13.1 Å². The van der Waals surface area contributed by atoms with Crippen LogP contribution in [0.15, 0.2) is 0 Å². The maximum absolute atomic E-state index is 12.6. The Balaban J connectivity index is 2.43. The molecule has 0 amide bonds.